The van der Waals surface area contributed by atoms with E-state index in [-0.39, 0.29) is 24.2 Å². The first-order valence-corrected chi connectivity index (χ1v) is 8.11. The van der Waals surface area contributed by atoms with Crippen molar-refractivity contribution >= 4 is 23.2 Å². The Hall–Kier alpha value is -2.89. The zero-order chi connectivity index (χ0) is 17.8. The quantitative estimate of drug-likeness (QED) is 0.876. The Bertz CT molecular complexity index is 775. The monoisotopic (exact) mass is 342 g/mol. The van der Waals surface area contributed by atoms with Crippen molar-refractivity contribution in [2.75, 3.05) is 16.8 Å². The van der Waals surface area contributed by atoms with Gasteiger partial charge in [-0.2, -0.15) is 0 Å². The molecular formula is C19H19FN2O3. The smallest absolute Gasteiger partial charge is 0.262 e. The van der Waals surface area contributed by atoms with E-state index < -0.39 is 11.7 Å². The van der Waals surface area contributed by atoms with Crippen LogP contribution in [0.1, 0.15) is 19.8 Å². The van der Waals surface area contributed by atoms with Crippen molar-refractivity contribution in [1.82, 2.24) is 0 Å². The van der Waals surface area contributed by atoms with E-state index in [0.717, 1.165) is 12.8 Å². The molecule has 2 aromatic rings. The highest BCUT2D eigenvalue weighted by molar-refractivity contribution is 6.01. The van der Waals surface area contributed by atoms with Gasteiger partial charge in [0, 0.05) is 13.0 Å². The third-order valence-electron chi connectivity index (χ3n) is 3.86. The van der Waals surface area contributed by atoms with Crippen molar-refractivity contribution in [1.29, 1.82) is 0 Å². The first-order chi connectivity index (χ1) is 12.0. The molecule has 0 heterocycles. The first kappa shape index (κ1) is 17.0. The van der Waals surface area contributed by atoms with Crippen molar-refractivity contribution < 1.29 is 18.7 Å². The van der Waals surface area contributed by atoms with E-state index in [1.54, 1.807) is 29.2 Å². The van der Waals surface area contributed by atoms with E-state index in [2.05, 4.69) is 5.32 Å². The molecule has 0 aliphatic heterocycles. The summed E-state index contributed by atoms with van der Waals surface area (Å²) in [5.74, 6) is -0.470. The molecule has 6 heteroatoms. The molecular weight excluding hydrogens is 323 g/mol. The summed E-state index contributed by atoms with van der Waals surface area (Å²) in [7, 11) is 0. The number of rotatable bonds is 6. The highest BCUT2D eigenvalue weighted by Gasteiger charge is 2.33. The van der Waals surface area contributed by atoms with Crippen LogP contribution in [-0.4, -0.2) is 24.5 Å². The number of hydrogen-bond acceptors (Lipinski definition) is 3. The molecule has 0 saturated heterocycles. The van der Waals surface area contributed by atoms with Gasteiger partial charge in [-0.05, 0) is 43.2 Å². The van der Waals surface area contributed by atoms with Gasteiger partial charge in [-0.3, -0.25) is 9.59 Å². The van der Waals surface area contributed by atoms with Gasteiger partial charge in [0.15, 0.2) is 6.61 Å². The number of benzene rings is 2. The fourth-order valence-corrected chi connectivity index (χ4v) is 2.63. The van der Waals surface area contributed by atoms with Gasteiger partial charge in [0.1, 0.15) is 11.6 Å². The lowest BCUT2D eigenvalue weighted by atomic mass is 10.2. The van der Waals surface area contributed by atoms with E-state index in [1.165, 1.54) is 25.1 Å². The van der Waals surface area contributed by atoms with E-state index in [4.69, 9.17) is 4.74 Å². The Morgan fingerprint density at radius 1 is 1.20 bits per heavy atom. The Labute approximate surface area is 145 Å². The normalized spacial score (nSPS) is 13.2. The van der Waals surface area contributed by atoms with Gasteiger partial charge in [0.05, 0.1) is 11.4 Å². The molecule has 1 N–H and O–H groups in total. The van der Waals surface area contributed by atoms with Gasteiger partial charge in [-0.25, -0.2) is 4.39 Å². The molecule has 2 amide bonds. The minimum Gasteiger partial charge on any atom is -0.484 e. The Balaban J connectivity index is 1.73. The molecule has 5 nitrogen and oxygen atoms in total. The minimum absolute atomic E-state index is 0.110. The van der Waals surface area contributed by atoms with Gasteiger partial charge in [0.2, 0.25) is 5.91 Å². The van der Waals surface area contributed by atoms with Crippen LogP contribution in [0.3, 0.4) is 0 Å². The lowest BCUT2D eigenvalue weighted by Crippen LogP contribution is -2.32. The molecule has 0 unspecified atom stereocenters. The predicted molar refractivity (Wildman–Crippen MR) is 93.1 cm³/mol. The van der Waals surface area contributed by atoms with Crippen LogP contribution in [0.4, 0.5) is 15.8 Å². The summed E-state index contributed by atoms with van der Waals surface area (Å²) in [5.41, 5.74) is 0.772. The highest BCUT2D eigenvalue weighted by atomic mass is 19.1. The first-order valence-electron chi connectivity index (χ1n) is 8.11. The molecule has 1 saturated carbocycles. The molecule has 0 atom stereocenters. The summed E-state index contributed by atoms with van der Waals surface area (Å²) in [5, 5.41) is 2.64. The number of hydrogen-bond donors (Lipinski definition) is 1. The lowest BCUT2D eigenvalue weighted by Gasteiger charge is -2.24. The predicted octanol–water partition coefficient (Wildman–Crippen LogP) is 3.36. The number of anilines is 2. The van der Waals surface area contributed by atoms with Crippen molar-refractivity contribution in [2.45, 2.75) is 25.8 Å². The van der Waals surface area contributed by atoms with Crippen LogP contribution in [0.25, 0.3) is 0 Å². The average molecular weight is 342 g/mol. The molecule has 130 valence electrons. The van der Waals surface area contributed by atoms with Crippen molar-refractivity contribution in [3.63, 3.8) is 0 Å². The van der Waals surface area contributed by atoms with Gasteiger partial charge in [0.25, 0.3) is 5.91 Å². The number of ether oxygens (including phenoxy) is 1. The number of nitrogens with zero attached hydrogens (tertiary/aromatic N) is 1. The third kappa shape index (κ3) is 4.35. The summed E-state index contributed by atoms with van der Waals surface area (Å²) >= 11 is 0. The molecule has 1 aliphatic carbocycles. The van der Waals surface area contributed by atoms with Crippen molar-refractivity contribution in [3.8, 4) is 5.75 Å². The maximum Gasteiger partial charge on any atom is 0.262 e. The number of para-hydroxylation sites is 1. The summed E-state index contributed by atoms with van der Waals surface area (Å²) in [6, 6.07) is 13.1. The van der Waals surface area contributed by atoms with Gasteiger partial charge >= 0.3 is 0 Å². The number of nitrogens with one attached hydrogen (secondary N) is 1. The molecule has 0 spiro atoms. The number of carbonyl (C=O) groups is 2. The Kier molecular flexibility index (Phi) is 4.97. The molecule has 0 aromatic heterocycles. The van der Waals surface area contributed by atoms with Crippen LogP contribution >= 0.6 is 0 Å². The van der Waals surface area contributed by atoms with Gasteiger partial charge < -0.3 is 15.0 Å². The average Bonchev–Trinajstić information content (AvgIpc) is 3.41. The second-order valence-corrected chi connectivity index (χ2v) is 5.93. The summed E-state index contributed by atoms with van der Waals surface area (Å²) < 4.78 is 19.0. The molecule has 2 aromatic carbocycles. The van der Waals surface area contributed by atoms with Crippen molar-refractivity contribution in [2.24, 2.45) is 0 Å². The van der Waals surface area contributed by atoms with Crippen LogP contribution in [0.15, 0.2) is 48.5 Å². The zero-order valence-electron chi connectivity index (χ0n) is 13.9. The Morgan fingerprint density at radius 3 is 2.56 bits per heavy atom. The van der Waals surface area contributed by atoms with Gasteiger partial charge in [-0.15, -0.1) is 0 Å². The standard InChI is InChI=1S/C19H19FN2O3/c1-13(23)22(15-8-9-15)18-10-7-14(20)11-17(18)21-19(24)12-25-16-5-3-2-4-6-16/h2-7,10-11,15H,8-9,12H2,1H3,(H,21,24). The zero-order valence-corrected chi connectivity index (χ0v) is 13.9. The van der Waals surface area contributed by atoms with Gasteiger partial charge in [-0.1, -0.05) is 18.2 Å². The topological polar surface area (TPSA) is 58.6 Å². The van der Waals surface area contributed by atoms with Crippen LogP contribution < -0.4 is 15.0 Å². The van der Waals surface area contributed by atoms with Crippen molar-refractivity contribution in [3.05, 3.63) is 54.3 Å². The second kappa shape index (κ2) is 7.34. The van der Waals surface area contributed by atoms with E-state index in [1.807, 2.05) is 6.07 Å². The Morgan fingerprint density at radius 2 is 1.92 bits per heavy atom. The van der Waals surface area contributed by atoms with Crippen LogP contribution in [0.5, 0.6) is 5.75 Å². The minimum atomic E-state index is -0.484. The maximum absolute atomic E-state index is 13.6. The molecule has 0 bridgehead atoms. The fraction of sp³-hybridized carbons (Fsp3) is 0.263. The fourth-order valence-electron chi connectivity index (χ4n) is 2.63. The number of carbonyl (C=O) groups excluding carboxylic acids is 2. The summed E-state index contributed by atoms with van der Waals surface area (Å²) in [4.78, 5) is 25.7. The van der Waals surface area contributed by atoms with E-state index in [9.17, 15) is 14.0 Å². The number of amides is 2. The maximum atomic E-state index is 13.6. The SMILES string of the molecule is CC(=O)N(c1ccc(F)cc1NC(=O)COc1ccccc1)C1CC1. The third-order valence-corrected chi connectivity index (χ3v) is 3.86. The lowest BCUT2D eigenvalue weighted by molar-refractivity contribution is -0.118. The second-order valence-electron chi connectivity index (χ2n) is 5.93. The summed E-state index contributed by atoms with van der Waals surface area (Å²) in [6.07, 6.45) is 1.81. The molecule has 1 aliphatic rings. The highest BCUT2D eigenvalue weighted by Crippen LogP contribution is 2.36. The number of halogens is 1. The van der Waals surface area contributed by atoms with Crippen LogP contribution in [0, 0.1) is 5.82 Å². The molecule has 0 radical (unpaired) electrons. The molecule has 3 rings (SSSR count). The van der Waals surface area contributed by atoms with Crippen LogP contribution in [0.2, 0.25) is 0 Å². The molecule has 25 heavy (non-hydrogen) atoms. The molecule has 1 fully saturated rings. The summed E-state index contributed by atoms with van der Waals surface area (Å²) in [6.45, 7) is 1.26. The van der Waals surface area contributed by atoms with E-state index in [0.29, 0.717) is 11.4 Å². The largest absolute Gasteiger partial charge is 0.484 e. The van der Waals surface area contributed by atoms with E-state index >= 15 is 0 Å². The van der Waals surface area contributed by atoms with Crippen LogP contribution in [-0.2, 0) is 9.59 Å².